The first-order valence-corrected chi connectivity index (χ1v) is 6.88. The smallest absolute Gasteiger partial charge is 0.0969 e. The number of pyridine rings is 1. The molecule has 0 radical (unpaired) electrons. The van der Waals surface area contributed by atoms with E-state index in [0.29, 0.717) is 6.04 Å². The van der Waals surface area contributed by atoms with Crippen LogP contribution in [0.1, 0.15) is 18.5 Å². The van der Waals surface area contributed by atoms with Crippen LogP contribution in [-0.2, 0) is 6.54 Å². The van der Waals surface area contributed by atoms with Gasteiger partial charge in [-0.2, -0.15) is 0 Å². The SMILES string of the molecule is c1cc(-n2cc(CNC3CC3)nn2)c2cnccc2c1. The average Bonchev–Trinajstić information content (AvgIpc) is 3.21. The van der Waals surface area contributed by atoms with E-state index >= 15 is 0 Å². The molecular formula is C15H15N5. The summed E-state index contributed by atoms with van der Waals surface area (Å²) in [7, 11) is 0. The van der Waals surface area contributed by atoms with Gasteiger partial charge in [-0.05, 0) is 30.4 Å². The Morgan fingerprint density at radius 2 is 2.20 bits per heavy atom. The average molecular weight is 265 g/mol. The summed E-state index contributed by atoms with van der Waals surface area (Å²) >= 11 is 0. The molecule has 0 spiro atoms. The van der Waals surface area contributed by atoms with Gasteiger partial charge in [0.1, 0.15) is 0 Å². The lowest BCUT2D eigenvalue weighted by Gasteiger charge is -2.04. The quantitative estimate of drug-likeness (QED) is 0.784. The fraction of sp³-hybridized carbons (Fsp3) is 0.267. The summed E-state index contributed by atoms with van der Waals surface area (Å²) in [4.78, 5) is 4.20. The van der Waals surface area contributed by atoms with Gasteiger partial charge < -0.3 is 5.32 Å². The van der Waals surface area contributed by atoms with E-state index < -0.39 is 0 Å². The molecule has 1 aromatic carbocycles. The van der Waals surface area contributed by atoms with Crippen LogP contribution in [0.3, 0.4) is 0 Å². The molecule has 100 valence electrons. The minimum absolute atomic E-state index is 0.682. The second kappa shape index (κ2) is 4.68. The van der Waals surface area contributed by atoms with E-state index in [1.54, 1.807) is 6.20 Å². The molecule has 0 bridgehead atoms. The third-order valence-corrected chi connectivity index (χ3v) is 3.60. The Hall–Kier alpha value is -2.27. The maximum atomic E-state index is 4.23. The van der Waals surface area contributed by atoms with Gasteiger partial charge in [-0.15, -0.1) is 5.10 Å². The Morgan fingerprint density at radius 3 is 3.10 bits per heavy atom. The third-order valence-electron chi connectivity index (χ3n) is 3.60. The van der Waals surface area contributed by atoms with Gasteiger partial charge in [-0.3, -0.25) is 4.98 Å². The van der Waals surface area contributed by atoms with Crippen LogP contribution < -0.4 is 5.32 Å². The molecule has 2 heterocycles. The molecule has 3 aromatic rings. The molecule has 0 atom stereocenters. The first kappa shape index (κ1) is 11.5. The van der Waals surface area contributed by atoms with Crippen molar-refractivity contribution >= 4 is 10.8 Å². The van der Waals surface area contributed by atoms with Gasteiger partial charge in [0.15, 0.2) is 0 Å². The maximum absolute atomic E-state index is 4.23. The predicted molar refractivity (Wildman–Crippen MR) is 76.5 cm³/mol. The molecule has 2 aromatic heterocycles. The lowest BCUT2D eigenvalue weighted by molar-refractivity contribution is 0.671. The van der Waals surface area contributed by atoms with Crippen molar-refractivity contribution in [3.8, 4) is 5.69 Å². The largest absolute Gasteiger partial charge is 0.308 e. The summed E-state index contributed by atoms with van der Waals surface area (Å²) in [6.07, 6.45) is 8.22. The fourth-order valence-corrected chi connectivity index (χ4v) is 2.33. The molecule has 1 aliphatic rings. The van der Waals surface area contributed by atoms with Crippen molar-refractivity contribution in [2.75, 3.05) is 0 Å². The van der Waals surface area contributed by atoms with Crippen molar-refractivity contribution in [2.45, 2.75) is 25.4 Å². The lowest BCUT2D eigenvalue weighted by Crippen LogP contribution is -2.15. The van der Waals surface area contributed by atoms with Crippen molar-refractivity contribution in [1.82, 2.24) is 25.3 Å². The normalized spacial score (nSPS) is 14.8. The van der Waals surface area contributed by atoms with Crippen LogP contribution in [0.25, 0.3) is 16.5 Å². The molecule has 0 amide bonds. The number of aromatic nitrogens is 4. The van der Waals surface area contributed by atoms with Crippen molar-refractivity contribution in [2.24, 2.45) is 0 Å². The first-order valence-electron chi connectivity index (χ1n) is 6.88. The Morgan fingerprint density at radius 1 is 1.25 bits per heavy atom. The van der Waals surface area contributed by atoms with E-state index in [2.05, 4.69) is 26.7 Å². The molecule has 0 unspecified atom stereocenters. The highest BCUT2D eigenvalue weighted by atomic mass is 15.4. The topological polar surface area (TPSA) is 55.6 Å². The highest BCUT2D eigenvalue weighted by molar-refractivity contribution is 5.89. The monoisotopic (exact) mass is 265 g/mol. The third kappa shape index (κ3) is 2.16. The first-order chi connectivity index (χ1) is 9.90. The second-order valence-electron chi connectivity index (χ2n) is 5.18. The molecule has 0 aliphatic heterocycles. The van der Waals surface area contributed by atoms with Crippen LogP contribution in [0.2, 0.25) is 0 Å². The minimum Gasteiger partial charge on any atom is -0.308 e. The number of fused-ring (bicyclic) bond motifs is 1. The van der Waals surface area contributed by atoms with E-state index in [-0.39, 0.29) is 0 Å². The van der Waals surface area contributed by atoms with Crippen LogP contribution in [0.4, 0.5) is 0 Å². The van der Waals surface area contributed by atoms with Gasteiger partial charge in [0, 0.05) is 30.4 Å². The molecule has 4 rings (SSSR count). The fourth-order valence-electron chi connectivity index (χ4n) is 2.33. The standard InChI is InChI=1S/C15H15N5/c1-2-11-6-7-16-9-14(11)15(3-1)20-10-13(18-19-20)8-17-12-4-5-12/h1-3,6-7,9-10,12,17H,4-5,8H2. The van der Waals surface area contributed by atoms with Gasteiger partial charge in [0.05, 0.1) is 17.6 Å². The van der Waals surface area contributed by atoms with E-state index in [1.165, 1.54) is 12.8 Å². The number of hydrogen-bond acceptors (Lipinski definition) is 4. The van der Waals surface area contributed by atoms with Crippen molar-refractivity contribution in [3.05, 3.63) is 48.5 Å². The van der Waals surface area contributed by atoms with E-state index in [0.717, 1.165) is 28.7 Å². The lowest BCUT2D eigenvalue weighted by atomic mass is 10.1. The predicted octanol–water partition coefficient (Wildman–Crippen LogP) is 2.07. The zero-order chi connectivity index (χ0) is 13.4. The molecule has 1 aliphatic carbocycles. The molecule has 5 heteroatoms. The molecule has 5 nitrogen and oxygen atoms in total. The molecule has 1 saturated carbocycles. The number of nitrogens with zero attached hydrogens (tertiary/aromatic N) is 4. The number of nitrogens with one attached hydrogen (secondary N) is 1. The Balaban J connectivity index is 1.67. The zero-order valence-corrected chi connectivity index (χ0v) is 11.0. The molecular weight excluding hydrogens is 250 g/mol. The van der Waals surface area contributed by atoms with Crippen LogP contribution in [-0.4, -0.2) is 26.0 Å². The summed E-state index contributed by atoms with van der Waals surface area (Å²) in [5, 5.41) is 14.2. The molecule has 20 heavy (non-hydrogen) atoms. The number of rotatable bonds is 4. The van der Waals surface area contributed by atoms with Gasteiger partial charge >= 0.3 is 0 Å². The highest BCUT2D eigenvalue weighted by Crippen LogP contribution is 2.21. The van der Waals surface area contributed by atoms with Crippen molar-refractivity contribution in [3.63, 3.8) is 0 Å². The summed E-state index contributed by atoms with van der Waals surface area (Å²) in [5.41, 5.74) is 1.98. The van der Waals surface area contributed by atoms with Crippen LogP contribution in [0.15, 0.2) is 42.9 Å². The maximum Gasteiger partial charge on any atom is 0.0969 e. The summed E-state index contributed by atoms with van der Waals surface area (Å²) in [5.74, 6) is 0. The molecule has 1 fully saturated rings. The van der Waals surface area contributed by atoms with Crippen molar-refractivity contribution < 1.29 is 0 Å². The second-order valence-corrected chi connectivity index (χ2v) is 5.18. The zero-order valence-electron chi connectivity index (χ0n) is 11.0. The molecule has 1 N–H and O–H groups in total. The summed E-state index contributed by atoms with van der Waals surface area (Å²) in [6, 6.07) is 8.83. The van der Waals surface area contributed by atoms with E-state index in [1.807, 2.05) is 35.3 Å². The van der Waals surface area contributed by atoms with E-state index in [4.69, 9.17) is 0 Å². The Bertz CT molecular complexity index is 739. The van der Waals surface area contributed by atoms with Crippen LogP contribution >= 0.6 is 0 Å². The summed E-state index contributed by atoms with van der Waals surface area (Å²) < 4.78 is 1.83. The number of hydrogen-bond donors (Lipinski definition) is 1. The van der Waals surface area contributed by atoms with Crippen LogP contribution in [0.5, 0.6) is 0 Å². The van der Waals surface area contributed by atoms with Gasteiger partial charge in [0.25, 0.3) is 0 Å². The van der Waals surface area contributed by atoms with Crippen LogP contribution in [0, 0.1) is 0 Å². The highest BCUT2D eigenvalue weighted by Gasteiger charge is 2.20. The van der Waals surface area contributed by atoms with E-state index in [9.17, 15) is 0 Å². The summed E-state index contributed by atoms with van der Waals surface area (Å²) in [6.45, 7) is 0.785. The van der Waals surface area contributed by atoms with Gasteiger partial charge in [0.2, 0.25) is 0 Å². The minimum atomic E-state index is 0.682. The molecule has 0 saturated heterocycles. The van der Waals surface area contributed by atoms with Gasteiger partial charge in [-0.25, -0.2) is 4.68 Å². The van der Waals surface area contributed by atoms with Gasteiger partial charge in [-0.1, -0.05) is 17.3 Å². The number of benzene rings is 1. The van der Waals surface area contributed by atoms with Crippen molar-refractivity contribution in [1.29, 1.82) is 0 Å². The Kier molecular flexibility index (Phi) is 2.70. The Labute approximate surface area is 116 Å².